The van der Waals surface area contributed by atoms with Crippen molar-refractivity contribution >= 4 is 27.3 Å². The van der Waals surface area contributed by atoms with E-state index in [1.165, 1.54) is 29.5 Å². The highest BCUT2D eigenvalue weighted by Crippen LogP contribution is 2.32. The second kappa shape index (κ2) is 4.61. The fourth-order valence-corrected chi connectivity index (χ4v) is 3.06. The van der Waals surface area contributed by atoms with E-state index < -0.39 is 17.7 Å². The van der Waals surface area contributed by atoms with Crippen molar-refractivity contribution in [3.8, 4) is 0 Å². The molecule has 84 valence electrons. The average molecular weight is 304 g/mol. The van der Waals surface area contributed by atoms with Crippen molar-refractivity contribution in [2.45, 2.75) is 6.04 Å². The van der Waals surface area contributed by atoms with Crippen molar-refractivity contribution in [1.82, 2.24) is 0 Å². The second-order valence-corrected chi connectivity index (χ2v) is 4.89. The van der Waals surface area contributed by atoms with Crippen LogP contribution in [-0.2, 0) is 0 Å². The van der Waals surface area contributed by atoms with Crippen molar-refractivity contribution in [2.24, 2.45) is 5.73 Å². The number of hydrogen-bond donors (Lipinski definition) is 1. The molecule has 1 aromatic heterocycles. The summed E-state index contributed by atoms with van der Waals surface area (Å²) in [6, 6.07) is 2.95. The lowest BCUT2D eigenvalue weighted by atomic mass is 10.0. The highest BCUT2D eigenvalue weighted by Gasteiger charge is 2.20. The third kappa shape index (κ3) is 2.03. The van der Waals surface area contributed by atoms with Gasteiger partial charge in [0.15, 0.2) is 0 Å². The Kier molecular flexibility index (Phi) is 3.37. The molecule has 2 rings (SSSR count). The molecule has 16 heavy (non-hydrogen) atoms. The van der Waals surface area contributed by atoms with Gasteiger partial charge >= 0.3 is 0 Å². The van der Waals surface area contributed by atoms with E-state index in [0.717, 1.165) is 4.47 Å². The number of rotatable bonds is 2. The molecular weight excluding hydrogens is 296 g/mol. The number of nitrogens with two attached hydrogens (primary N) is 1. The molecular formula is C11H8BrF2NS. The summed E-state index contributed by atoms with van der Waals surface area (Å²) in [6.07, 6.45) is 0. The van der Waals surface area contributed by atoms with E-state index >= 15 is 0 Å². The standard InChI is InChI=1S/C11H8BrF2NS/c12-7-5-16-4-6(7)11(15)10-8(13)2-1-3-9(10)14/h1-5,11H,15H2. The van der Waals surface area contributed by atoms with Crippen molar-refractivity contribution in [2.75, 3.05) is 0 Å². The van der Waals surface area contributed by atoms with Gasteiger partial charge in [0.1, 0.15) is 11.6 Å². The predicted octanol–water partition coefficient (Wildman–Crippen LogP) is 3.84. The average Bonchev–Trinajstić information content (AvgIpc) is 2.64. The molecule has 0 fully saturated rings. The molecule has 2 N–H and O–H groups in total. The van der Waals surface area contributed by atoms with Crippen LogP contribution in [0, 0.1) is 11.6 Å². The Hall–Kier alpha value is -0.780. The Morgan fingerprint density at radius 2 is 1.81 bits per heavy atom. The van der Waals surface area contributed by atoms with Crippen LogP contribution in [0.25, 0.3) is 0 Å². The zero-order valence-corrected chi connectivity index (χ0v) is 10.5. The van der Waals surface area contributed by atoms with Crippen LogP contribution in [0.5, 0.6) is 0 Å². The van der Waals surface area contributed by atoms with Gasteiger partial charge in [-0.3, -0.25) is 0 Å². The zero-order valence-electron chi connectivity index (χ0n) is 8.08. The highest BCUT2D eigenvalue weighted by atomic mass is 79.9. The Labute approximate surface area is 104 Å². The smallest absolute Gasteiger partial charge is 0.131 e. The van der Waals surface area contributed by atoms with Crippen molar-refractivity contribution < 1.29 is 8.78 Å². The van der Waals surface area contributed by atoms with Gasteiger partial charge in [0, 0.05) is 15.4 Å². The van der Waals surface area contributed by atoms with Crippen molar-refractivity contribution in [3.05, 3.63) is 56.2 Å². The van der Waals surface area contributed by atoms with Crippen molar-refractivity contribution in [3.63, 3.8) is 0 Å². The topological polar surface area (TPSA) is 26.0 Å². The summed E-state index contributed by atoms with van der Waals surface area (Å²) >= 11 is 4.73. The third-order valence-electron chi connectivity index (χ3n) is 2.29. The van der Waals surface area contributed by atoms with E-state index in [4.69, 9.17) is 5.73 Å². The molecule has 0 bridgehead atoms. The second-order valence-electron chi connectivity index (χ2n) is 3.29. The maximum atomic E-state index is 13.5. The van der Waals surface area contributed by atoms with Gasteiger partial charge in [-0.05, 0) is 39.0 Å². The van der Waals surface area contributed by atoms with Gasteiger partial charge < -0.3 is 5.73 Å². The molecule has 1 atom stereocenters. The van der Waals surface area contributed by atoms with Crippen molar-refractivity contribution in [1.29, 1.82) is 0 Å². The monoisotopic (exact) mass is 303 g/mol. The first kappa shape index (κ1) is 11.7. The van der Waals surface area contributed by atoms with Crippen LogP contribution < -0.4 is 5.73 Å². The summed E-state index contributed by atoms with van der Waals surface area (Å²) in [5.74, 6) is -1.24. The van der Waals surface area contributed by atoms with E-state index in [1.807, 2.05) is 5.38 Å². The molecule has 1 unspecified atom stereocenters. The third-order valence-corrected chi connectivity index (χ3v) is 4.04. The molecule has 2 aromatic rings. The van der Waals surface area contributed by atoms with E-state index in [2.05, 4.69) is 15.9 Å². The normalized spacial score (nSPS) is 12.8. The molecule has 0 aliphatic heterocycles. The Morgan fingerprint density at radius 1 is 1.19 bits per heavy atom. The van der Waals surface area contributed by atoms with Gasteiger partial charge in [-0.25, -0.2) is 8.78 Å². The molecule has 0 aliphatic carbocycles. The van der Waals surface area contributed by atoms with E-state index in [9.17, 15) is 8.78 Å². The van der Waals surface area contributed by atoms with Gasteiger partial charge in [0.25, 0.3) is 0 Å². The Bertz CT molecular complexity index is 492. The minimum absolute atomic E-state index is 0.0957. The van der Waals surface area contributed by atoms with Crippen LogP contribution in [0.1, 0.15) is 17.2 Å². The predicted molar refractivity (Wildman–Crippen MR) is 64.4 cm³/mol. The molecule has 5 heteroatoms. The maximum Gasteiger partial charge on any atom is 0.131 e. The summed E-state index contributed by atoms with van der Waals surface area (Å²) in [5.41, 5.74) is 6.45. The largest absolute Gasteiger partial charge is 0.320 e. The van der Waals surface area contributed by atoms with Gasteiger partial charge in [0.2, 0.25) is 0 Å². The van der Waals surface area contributed by atoms with Gasteiger partial charge in [-0.2, -0.15) is 11.3 Å². The maximum absolute atomic E-state index is 13.5. The lowest BCUT2D eigenvalue weighted by molar-refractivity contribution is 0.543. The van der Waals surface area contributed by atoms with E-state index in [1.54, 1.807) is 5.38 Å². The molecule has 0 saturated carbocycles. The first-order valence-electron chi connectivity index (χ1n) is 4.52. The molecule has 0 aliphatic rings. The summed E-state index contributed by atoms with van der Waals surface area (Å²) < 4.78 is 27.8. The zero-order chi connectivity index (χ0) is 11.7. The molecule has 0 amide bonds. The molecule has 0 spiro atoms. The highest BCUT2D eigenvalue weighted by molar-refractivity contribution is 9.10. The Morgan fingerprint density at radius 3 is 2.31 bits per heavy atom. The molecule has 0 saturated heterocycles. The lowest BCUT2D eigenvalue weighted by Crippen LogP contribution is -2.15. The van der Waals surface area contributed by atoms with Crippen LogP contribution in [-0.4, -0.2) is 0 Å². The van der Waals surface area contributed by atoms with Gasteiger partial charge in [-0.1, -0.05) is 6.07 Å². The van der Waals surface area contributed by atoms with Gasteiger partial charge in [-0.15, -0.1) is 0 Å². The van der Waals surface area contributed by atoms with Crippen LogP contribution in [0.2, 0.25) is 0 Å². The summed E-state index contributed by atoms with van der Waals surface area (Å²) in [5, 5.41) is 3.61. The van der Waals surface area contributed by atoms with E-state index in [-0.39, 0.29) is 5.56 Å². The minimum atomic E-state index is -0.790. The van der Waals surface area contributed by atoms with Crippen LogP contribution in [0.15, 0.2) is 33.4 Å². The van der Waals surface area contributed by atoms with Crippen LogP contribution in [0.4, 0.5) is 8.78 Å². The minimum Gasteiger partial charge on any atom is -0.320 e. The van der Waals surface area contributed by atoms with Gasteiger partial charge in [0.05, 0.1) is 6.04 Å². The molecule has 1 aromatic carbocycles. The first-order valence-corrected chi connectivity index (χ1v) is 6.26. The summed E-state index contributed by atoms with van der Waals surface area (Å²) in [4.78, 5) is 0. The summed E-state index contributed by atoms with van der Waals surface area (Å²) in [7, 11) is 0. The lowest BCUT2D eigenvalue weighted by Gasteiger charge is -2.13. The number of halogens is 3. The Balaban J connectivity index is 2.49. The fourth-order valence-electron chi connectivity index (χ4n) is 1.48. The molecule has 0 radical (unpaired) electrons. The van der Waals surface area contributed by atoms with Crippen LogP contribution in [0.3, 0.4) is 0 Å². The quantitative estimate of drug-likeness (QED) is 0.896. The van der Waals surface area contributed by atoms with Crippen LogP contribution >= 0.6 is 27.3 Å². The van der Waals surface area contributed by atoms with E-state index in [0.29, 0.717) is 5.56 Å². The first-order chi connectivity index (χ1) is 7.61. The summed E-state index contributed by atoms with van der Waals surface area (Å²) in [6.45, 7) is 0. The number of hydrogen-bond acceptors (Lipinski definition) is 2. The fraction of sp³-hybridized carbons (Fsp3) is 0.0909. The molecule has 1 nitrogen and oxygen atoms in total. The SMILES string of the molecule is NC(c1cscc1Br)c1c(F)cccc1F. The molecule has 1 heterocycles. The number of thiophene rings is 1. The number of benzene rings is 1.